The average molecular weight is 332 g/mol. The number of hydrogen-bond donors (Lipinski definition) is 0. The van der Waals surface area contributed by atoms with E-state index < -0.39 is 0 Å². The number of benzene rings is 1. The van der Waals surface area contributed by atoms with Gasteiger partial charge in [0, 0.05) is 11.5 Å². The highest BCUT2D eigenvalue weighted by Crippen LogP contribution is 2.29. The Hall–Kier alpha value is -1.19. The van der Waals surface area contributed by atoms with Crippen LogP contribution in [0.4, 0.5) is 4.39 Å². The van der Waals surface area contributed by atoms with Gasteiger partial charge >= 0.3 is 0 Å². The first-order valence-electron chi connectivity index (χ1n) is 9.41. The maximum absolute atomic E-state index is 13.0. The van der Waals surface area contributed by atoms with Gasteiger partial charge in [0.15, 0.2) is 6.29 Å². The molecule has 0 aromatic heterocycles. The Balaban J connectivity index is 1.45. The standard InChI is InChI=1S/C21H29FO2/c1-2-3-18-14-23-21(24-15-18)19-10-6-16(7-11-19)4-5-17-8-12-20(22)13-9-17/h6-7,10-12,17-18,21H,2-5,8-9,13-15H2,1H3. The molecule has 1 aliphatic heterocycles. The van der Waals surface area contributed by atoms with Gasteiger partial charge in [-0.1, -0.05) is 43.7 Å². The third-order valence-electron chi connectivity index (χ3n) is 5.22. The van der Waals surface area contributed by atoms with Crippen LogP contribution in [0.2, 0.25) is 0 Å². The van der Waals surface area contributed by atoms with Crippen LogP contribution in [0.5, 0.6) is 0 Å². The monoisotopic (exact) mass is 332 g/mol. The summed E-state index contributed by atoms with van der Waals surface area (Å²) >= 11 is 0. The van der Waals surface area contributed by atoms with Crippen molar-refractivity contribution in [1.82, 2.24) is 0 Å². The van der Waals surface area contributed by atoms with Gasteiger partial charge in [-0.05, 0) is 50.0 Å². The molecular weight excluding hydrogens is 303 g/mol. The van der Waals surface area contributed by atoms with Gasteiger partial charge in [-0.2, -0.15) is 0 Å². The number of halogens is 1. The Morgan fingerprint density at radius 2 is 1.79 bits per heavy atom. The van der Waals surface area contributed by atoms with Crippen LogP contribution in [0, 0.1) is 11.8 Å². The molecule has 1 aromatic carbocycles. The number of allylic oxidation sites excluding steroid dienone is 2. The zero-order valence-corrected chi connectivity index (χ0v) is 14.7. The van der Waals surface area contributed by atoms with E-state index in [-0.39, 0.29) is 12.1 Å². The van der Waals surface area contributed by atoms with E-state index in [1.807, 2.05) is 0 Å². The van der Waals surface area contributed by atoms with Crippen LogP contribution in [0.25, 0.3) is 0 Å². The summed E-state index contributed by atoms with van der Waals surface area (Å²) in [6, 6.07) is 8.61. The van der Waals surface area contributed by atoms with E-state index in [2.05, 4.69) is 31.2 Å². The molecule has 3 heteroatoms. The highest BCUT2D eigenvalue weighted by Gasteiger charge is 2.23. The zero-order chi connectivity index (χ0) is 16.8. The molecule has 1 aliphatic carbocycles. The van der Waals surface area contributed by atoms with Gasteiger partial charge in [-0.25, -0.2) is 4.39 Å². The largest absolute Gasteiger partial charge is 0.348 e. The van der Waals surface area contributed by atoms with E-state index in [0.717, 1.165) is 44.5 Å². The van der Waals surface area contributed by atoms with E-state index >= 15 is 0 Å². The van der Waals surface area contributed by atoms with Crippen molar-refractivity contribution in [2.45, 2.75) is 58.2 Å². The first-order chi connectivity index (χ1) is 11.7. The third kappa shape index (κ3) is 4.90. The zero-order valence-electron chi connectivity index (χ0n) is 14.7. The van der Waals surface area contributed by atoms with Gasteiger partial charge in [-0.3, -0.25) is 0 Å². The Kier molecular flexibility index (Phi) is 6.44. The van der Waals surface area contributed by atoms with E-state index in [9.17, 15) is 4.39 Å². The highest BCUT2D eigenvalue weighted by molar-refractivity contribution is 5.23. The predicted molar refractivity (Wildman–Crippen MR) is 94.3 cm³/mol. The molecule has 1 heterocycles. The molecule has 2 nitrogen and oxygen atoms in total. The number of ether oxygens (including phenoxy) is 2. The molecule has 0 saturated carbocycles. The lowest BCUT2D eigenvalue weighted by molar-refractivity contribution is -0.206. The third-order valence-corrected chi connectivity index (χ3v) is 5.22. The summed E-state index contributed by atoms with van der Waals surface area (Å²) in [4.78, 5) is 0. The first-order valence-corrected chi connectivity index (χ1v) is 9.41. The van der Waals surface area contributed by atoms with Crippen LogP contribution in [0.15, 0.2) is 36.2 Å². The molecule has 0 spiro atoms. The van der Waals surface area contributed by atoms with Gasteiger partial charge < -0.3 is 9.47 Å². The molecule has 1 atom stereocenters. The van der Waals surface area contributed by atoms with Gasteiger partial charge in [0.2, 0.25) is 0 Å². The lowest BCUT2D eigenvalue weighted by Crippen LogP contribution is -2.26. The van der Waals surface area contributed by atoms with E-state index in [4.69, 9.17) is 9.47 Å². The number of hydrogen-bond acceptors (Lipinski definition) is 2. The maximum Gasteiger partial charge on any atom is 0.183 e. The maximum atomic E-state index is 13.0. The van der Waals surface area contributed by atoms with Gasteiger partial charge in [0.05, 0.1) is 19.0 Å². The van der Waals surface area contributed by atoms with E-state index in [0.29, 0.717) is 18.3 Å². The second-order valence-corrected chi connectivity index (χ2v) is 7.22. The average Bonchev–Trinajstić information content (AvgIpc) is 2.63. The van der Waals surface area contributed by atoms with Gasteiger partial charge in [0.25, 0.3) is 0 Å². The van der Waals surface area contributed by atoms with Crippen LogP contribution in [0.1, 0.15) is 62.9 Å². The molecule has 1 saturated heterocycles. The second-order valence-electron chi connectivity index (χ2n) is 7.22. The topological polar surface area (TPSA) is 18.5 Å². The molecule has 0 bridgehead atoms. The lowest BCUT2D eigenvalue weighted by atomic mass is 9.88. The fourth-order valence-corrected chi connectivity index (χ4v) is 3.64. The van der Waals surface area contributed by atoms with Crippen LogP contribution < -0.4 is 0 Å². The molecule has 1 unspecified atom stereocenters. The fraction of sp³-hybridized carbons (Fsp3) is 0.619. The molecule has 3 rings (SSSR count). The van der Waals surface area contributed by atoms with E-state index in [1.165, 1.54) is 18.4 Å². The van der Waals surface area contributed by atoms with Crippen LogP contribution in [0.3, 0.4) is 0 Å². The van der Waals surface area contributed by atoms with Crippen LogP contribution in [-0.4, -0.2) is 13.2 Å². The molecule has 2 aliphatic rings. The Morgan fingerprint density at radius 3 is 2.42 bits per heavy atom. The minimum atomic E-state index is -0.210. The number of aryl methyl sites for hydroxylation is 1. The number of rotatable bonds is 6. The Bertz CT molecular complexity index is 529. The molecule has 0 radical (unpaired) electrons. The SMILES string of the molecule is CCCC1COC(c2ccc(CCC3CC=C(F)CC3)cc2)OC1. The normalized spacial score (nSPS) is 27.8. The van der Waals surface area contributed by atoms with Crippen molar-refractivity contribution in [3.8, 4) is 0 Å². The van der Waals surface area contributed by atoms with Gasteiger partial charge in [0.1, 0.15) is 0 Å². The summed E-state index contributed by atoms with van der Waals surface area (Å²) < 4.78 is 24.8. The molecule has 0 N–H and O–H groups in total. The van der Waals surface area contributed by atoms with Crippen molar-refractivity contribution in [3.05, 3.63) is 47.3 Å². The summed E-state index contributed by atoms with van der Waals surface area (Å²) in [5.74, 6) is 1.24. The first kappa shape index (κ1) is 17.6. The van der Waals surface area contributed by atoms with Crippen molar-refractivity contribution in [2.75, 3.05) is 13.2 Å². The van der Waals surface area contributed by atoms with Gasteiger partial charge in [-0.15, -0.1) is 0 Å². The smallest absolute Gasteiger partial charge is 0.183 e. The van der Waals surface area contributed by atoms with Crippen molar-refractivity contribution < 1.29 is 13.9 Å². The molecule has 1 aromatic rings. The summed E-state index contributed by atoms with van der Waals surface area (Å²) in [6.07, 6.45) is 8.61. The summed E-state index contributed by atoms with van der Waals surface area (Å²) in [5.41, 5.74) is 2.45. The minimum absolute atomic E-state index is 0.0734. The van der Waals surface area contributed by atoms with Crippen molar-refractivity contribution >= 4 is 0 Å². The Morgan fingerprint density at radius 1 is 1.04 bits per heavy atom. The highest BCUT2D eigenvalue weighted by atomic mass is 19.1. The summed E-state index contributed by atoms with van der Waals surface area (Å²) in [6.45, 7) is 3.79. The minimum Gasteiger partial charge on any atom is -0.348 e. The molecule has 0 amide bonds. The predicted octanol–water partition coefficient (Wildman–Crippen LogP) is 5.73. The van der Waals surface area contributed by atoms with Crippen LogP contribution >= 0.6 is 0 Å². The summed E-state index contributed by atoms with van der Waals surface area (Å²) in [7, 11) is 0. The quantitative estimate of drug-likeness (QED) is 0.662. The lowest BCUT2D eigenvalue weighted by Gasteiger charge is -2.29. The molecule has 132 valence electrons. The van der Waals surface area contributed by atoms with Crippen molar-refractivity contribution in [3.63, 3.8) is 0 Å². The second kappa shape index (κ2) is 8.77. The molecule has 1 fully saturated rings. The molecular formula is C21H29FO2. The van der Waals surface area contributed by atoms with Crippen molar-refractivity contribution in [1.29, 1.82) is 0 Å². The van der Waals surface area contributed by atoms with E-state index in [1.54, 1.807) is 6.08 Å². The Labute approximate surface area is 145 Å². The fourth-order valence-electron chi connectivity index (χ4n) is 3.64. The summed E-state index contributed by atoms with van der Waals surface area (Å²) in [5, 5.41) is 0. The van der Waals surface area contributed by atoms with Crippen LogP contribution in [-0.2, 0) is 15.9 Å². The molecule has 24 heavy (non-hydrogen) atoms. The van der Waals surface area contributed by atoms with Crippen molar-refractivity contribution in [2.24, 2.45) is 11.8 Å².